The first-order chi connectivity index (χ1) is 8.24. The second kappa shape index (κ2) is 6.19. The number of nitrogens with zero attached hydrogens (tertiary/aromatic N) is 1. The van der Waals surface area contributed by atoms with Crippen molar-refractivity contribution in [3.8, 4) is 0 Å². The quantitative estimate of drug-likeness (QED) is 0.807. The van der Waals surface area contributed by atoms with Crippen LogP contribution in [0.3, 0.4) is 0 Å². The van der Waals surface area contributed by atoms with Crippen LogP contribution in [0.15, 0.2) is 18.3 Å². The van der Waals surface area contributed by atoms with Crippen LogP contribution in [0.25, 0.3) is 0 Å². The molecule has 2 rings (SSSR count). The lowest BCUT2D eigenvalue weighted by molar-refractivity contribution is 0.0731. The minimum Gasteiger partial charge on any atom is -0.382 e. The van der Waals surface area contributed by atoms with Crippen LogP contribution in [0.4, 0.5) is 5.69 Å². The molecule has 0 aromatic carbocycles. The molecular formula is C12H18ClN3O. The molecule has 0 saturated carbocycles. The Morgan fingerprint density at radius 3 is 3.29 bits per heavy atom. The van der Waals surface area contributed by atoms with Crippen molar-refractivity contribution in [2.45, 2.75) is 25.4 Å². The van der Waals surface area contributed by atoms with E-state index in [0.29, 0.717) is 17.2 Å². The number of ether oxygens (including phenoxy) is 1. The van der Waals surface area contributed by atoms with Gasteiger partial charge in [-0.3, -0.25) is 0 Å². The number of aromatic nitrogens is 1. The summed E-state index contributed by atoms with van der Waals surface area (Å²) in [5, 5.41) is 7.37. The summed E-state index contributed by atoms with van der Waals surface area (Å²) in [6.07, 6.45) is 2.74. The summed E-state index contributed by atoms with van der Waals surface area (Å²) in [5.74, 6) is 0. The standard InChI is InChI=1S/C12H18ClN3O/c1-9(6-11-8-17-5-4-14-11)16-10-2-3-15-12(13)7-10/h2-3,7,9,11,14H,4-6,8H2,1H3,(H,15,16). The fourth-order valence-electron chi connectivity index (χ4n) is 2.03. The summed E-state index contributed by atoms with van der Waals surface area (Å²) in [7, 11) is 0. The van der Waals surface area contributed by atoms with Crippen molar-refractivity contribution in [2.75, 3.05) is 25.1 Å². The van der Waals surface area contributed by atoms with Gasteiger partial charge in [0, 0.05) is 30.5 Å². The van der Waals surface area contributed by atoms with Crippen LogP contribution >= 0.6 is 11.6 Å². The van der Waals surface area contributed by atoms with Crippen molar-refractivity contribution >= 4 is 17.3 Å². The van der Waals surface area contributed by atoms with Crippen molar-refractivity contribution in [1.29, 1.82) is 0 Å². The number of hydrogen-bond acceptors (Lipinski definition) is 4. The molecule has 2 atom stereocenters. The monoisotopic (exact) mass is 255 g/mol. The Balaban J connectivity index is 1.82. The molecule has 0 bridgehead atoms. The molecule has 1 aliphatic rings. The van der Waals surface area contributed by atoms with E-state index in [1.807, 2.05) is 12.1 Å². The van der Waals surface area contributed by atoms with Crippen molar-refractivity contribution in [3.63, 3.8) is 0 Å². The molecule has 1 aliphatic heterocycles. The van der Waals surface area contributed by atoms with Gasteiger partial charge in [-0.1, -0.05) is 11.6 Å². The number of nitrogens with one attached hydrogen (secondary N) is 2. The molecule has 1 aromatic rings. The molecule has 0 aliphatic carbocycles. The molecule has 0 radical (unpaired) electrons. The van der Waals surface area contributed by atoms with Gasteiger partial charge in [0.1, 0.15) is 5.15 Å². The van der Waals surface area contributed by atoms with Gasteiger partial charge in [-0.15, -0.1) is 0 Å². The van der Waals surface area contributed by atoms with Crippen LogP contribution in [0.5, 0.6) is 0 Å². The predicted molar refractivity (Wildman–Crippen MR) is 69.6 cm³/mol. The Morgan fingerprint density at radius 1 is 1.71 bits per heavy atom. The van der Waals surface area contributed by atoms with Gasteiger partial charge in [0.15, 0.2) is 0 Å². The zero-order valence-electron chi connectivity index (χ0n) is 9.95. The highest BCUT2D eigenvalue weighted by molar-refractivity contribution is 6.29. The van der Waals surface area contributed by atoms with E-state index >= 15 is 0 Å². The molecule has 4 nitrogen and oxygen atoms in total. The largest absolute Gasteiger partial charge is 0.382 e. The third kappa shape index (κ3) is 4.15. The second-order valence-electron chi connectivity index (χ2n) is 4.37. The van der Waals surface area contributed by atoms with Crippen molar-refractivity contribution in [1.82, 2.24) is 10.3 Å². The maximum atomic E-state index is 5.84. The molecule has 5 heteroatoms. The van der Waals surface area contributed by atoms with E-state index in [1.54, 1.807) is 6.20 Å². The topological polar surface area (TPSA) is 46.2 Å². The lowest BCUT2D eigenvalue weighted by Gasteiger charge is -2.27. The number of rotatable bonds is 4. The Morgan fingerprint density at radius 2 is 2.59 bits per heavy atom. The molecule has 1 saturated heterocycles. The first-order valence-electron chi connectivity index (χ1n) is 5.93. The van der Waals surface area contributed by atoms with Crippen molar-refractivity contribution < 1.29 is 4.74 Å². The highest BCUT2D eigenvalue weighted by Crippen LogP contribution is 2.14. The normalized spacial score (nSPS) is 22.1. The van der Waals surface area contributed by atoms with Crippen LogP contribution in [0.1, 0.15) is 13.3 Å². The number of halogens is 1. The van der Waals surface area contributed by atoms with Gasteiger partial charge in [0.2, 0.25) is 0 Å². The third-order valence-electron chi connectivity index (χ3n) is 2.78. The summed E-state index contributed by atoms with van der Waals surface area (Å²) in [4.78, 5) is 3.96. The Hall–Kier alpha value is -0.840. The first kappa shape index (κ1) is 12.6. The SMILES string of the molecule is CC(CC1COCCN1)Nc1ccnc(Cl)c1. The Kier molecular flexibility index (Phi) is 4.59. The van der Waals surface area contributed by atoms with Crippen LogP contribution in [-0.4, -0.2) is 36.8 Å². The lowest BCUT2D eigenvalue weighted by atomic mass is 10.1. The van der Waals surface area contributed by atoms with Gasteiger partial charge in [-0.2, -0.15) is 0 Å². The summed E-state index contributed by atoms with van der Waals surface area (Å²) in [6.45, 7) is 4.71. The van der Waals surface area contributed by atoms with Crippen LogP contribution in [-0.2, 0) is 4.74 Å². The highest BCUT2D eigenvalue weighted by atomic mass is 35.5. The molecule has 0 amide bonds. The summed E-state index contributed by atoms with van der Waals surface area (Å²) in [6, 6.07) is 4.56. The molecule has 2 heterocycles. The van der Waals surface area contributed by atoms with Gasteiger partial charge in [-0.25, -0.2) is 4.98 Å². The van der Waals surface area contributed by atoms with E-state index < -0.39 is 0 Å². The Bertz CT molecular complexity index is 355. The molecule has 94 valence electrons. The van der Waals surface area contributed by atoms with E-state index in [-0.39, 0.29) is 0 Å². The number of hydrogen-bond donors (Lipinski definition) is 2. The van der Waals surface area contributed by atoms with E-state index in [0.717, 1.165) is 31.9 Å². The van der Waals surface area contributed by atoms with Gasteiger partial charge < -0.3 is 15.4 Å². The second-order valence-corrected chi connectivity index (χ2v) is 4.76. The summed E-state index contributed by atoms with van der Waals surface area (Å²) >= 11 is 5.84. The fraction of sp³-hybridized carbons (Fsp3) is 0.583. The van der Waals surface area contributed by atoms with E-state index in [2.05, 4.69) is 22.5 Å². The van der Waals surface area contributed by atoms with Crippen molar-refractivity contribution in [2.24, 2.45) is 0 Å². The number of pyridine rings is 1. The van der Waals surface area contributed by atoms with Gasteiger partial charge in [-0.05, 0) is 25.5 Å². The summed E-state index contributed by atoms with van der Waals surface area (Å²) < 4.78 is 5.43. The molecule has 0 spiro atoms. The van der Waals surface area contributed by atoms with Crippen LogP contribution in [0.2, 0.25) is 5.15 Å². The number of anilines is 1. The van der Waals surface area contributed by atoms with Gasteiger partial charge in [0.05, 0.1) is 13.2 Å². The van der Waals surface area contributed by atoms with Gasteiger partial charge in [0.25, 0.3) is 0 Å². The maximum Gasteiger partial charge on any atom is 0.131 e. The highest BCUT2D eigenvalue weighted by Gasteiger charge is 2.16. The maximum absolute atomic E-state index is 5.84. The molecule has 2 unspecified atom stereocenters. The summed E-state index contributed by atoms with van der Waals surface area (Å²) in [5.41, 5.74) is 1.01. The van der Waals surface area contributed by atoms with Gasteiger partial charge >= 0.3 is 0 Å². The molecule has 1 aromatic heterocycles. The van der Waals surface area contributed by atoms with Crippen molar-refractivity contribution in [3.05, 3.63) is 23.5 Å². The fourth-order valence-corrected chi connectivity index (χ4v) is 2.21. The minimum atomic E-state index is 0.368. The zero-order chi connectivity index (χ0) is 12.1. The third-order valence-corrected chi connectivity index (χ3v) is 2.98. The van der Waals surface area contributed by atoms with Crippen LogP contribution < -0.4 is 10.6 Å². The smallest absolute Gasteiger partial charge is 0.131 e. The molecule has 2 N–H and O–H groups in total. The van der Waals surface area contributed by atoms with E-state index in [9.17, 15) is 0 Å². The van der Waals surface area contributed by atoms with E-state index in [4.69, 9.17) is 16.3 Å². The zero-order valence-corrected chi connectivity index (χ0v) is 10.7. The van der Waals surface area contributed by atoms with Crippen LogP contribution in [0, 0.1) is 0 Å². The van der Waals surface area contributed by atoms with E-state index in [1.165, 1.54) is 0 Å². The molecule has 1 fully saturated rings. The predicted octanol–water partition coefficient (Wildman–Crippen LogP) is 1.91. The average Bonchev–Trinajstić information content (AvgIpc) is 2.30. The Labute approximate surface area is 107 Å². The average molecular weight is 256 g/mol. The first-order valence-corrected chi connectivity index (χ1v) is 6.31. The minimum absolute atomic E-state index is 0.368. The molecular weight excluding hydrogens is 238 g/mol. The molecule has 17 heavy (non-hydrogen) atoms. The lowest BCUT2D eigenvalue weighted by Crippen LogP contribution is -2.43. The number of morpholine rings is 1.